The minimum absolute atomic E-state index is 0.0104. The molecule has 2 rings (SSSR count). The van der Waals surface area contributed by atoms with Crippen molar-refractivity contribution >= 4 is 17.9 Å². The molecule has 0 aliphatic rings. The Bertz CT molecular complexity index is 564. The molecular formula is C15H14N3O. The van der Waals surface area contributed by atoms with Gasteiger partial charge in [-0.2, -0.15) is 0 Å². The summed E-state index contributed by atoms with van der Waals surface area (Å²) in [6.07, 6.45) is 1.91. The van der Waals surface area contributed by atoms with Gasteiger partial charge in [-0.05, 0) is 29.8 Å². The summed E-state index contributed by atoms with van der Waals surface area (Å²) in [5.74, 6) is 0.0104. The minimum Gasteiger partial charge on any atom is -0.384 e. The number of amidine groups is 1. The molecule has 1 amide bonds. The number of carbonyl (C=O) groups excluding carboxylic acids is 1. The Hall–Kier alpha value is -2.62. The largest absolute Gasteiger partial charge is 0.384 e. The Kier molecular flexibility index (Phi) is 3.93. The summed E-state index contributed by atoms with van der Waals surface area (Å²) in [7, 11) is 0. The van der Waals surface area contributed by atoms with Gasteiger partial charge in [-0.3, -0.25) is 15.1 Å². The molecule has 0 fully saturated rings. The van der Waals surface area contributed by atoms with Gasteiger partial charge in [0.05, 0.1) is 6.54 Å². The summed E-state index contributed by atoms with van der Waals surface area (Å²) in [5.41, 5.74) is 7.78. The fraction of sp³-hybridized carbons (Fsp3) is 0.0667. The number of hydrogen-bond donors (Lipinski definition) is 2. The summed E-state index contributed by atoms with van der Waals surface area (Å²) in [5, 5.41) is 7.32. The highest BCUT2D eigenvalue weighted by molar-refractivity contribution is 5.95. The van der Waals surface area contributed by atoms with E-state index in [2.05, 4.69) is 0 Å². The van der Waals surface area contributed by atoms with Crippen LogP contribution in [0.3, 0.4) is 0 Å². The first-order chi connectivity index (χ1) is 9.20. The van der Waals surface area contributed by atoms with Crippen LogP contribution in [0.1, 0.15) is 11.1 Å². The topological polar surface area (TPSA) is 70.2 Å². The maximum atomic E-state index is 11.1. The standard InChI is InChI=1S/C15H14N3O/c16-15(17)13-6-8-14(9-7-13)18(11-19)10-12-4-2-1-3-5-12/h1-9H,10H2,(H3,16,17). The molecule has 95 valence electrons. The molecular weight excluding hydrogens is 238 g/mol. The molecule has 0 atom stereocenters. The van der Waals surface area contributed by atoms with E-state index in [9.17, 15) is 4.79 Å². The third kappa shape index (κ3) is 3.19. The number of nitrogens with one attached hydrogen (secondary N) is 1. The van der Waals surface area contributed by atoms with E-state index in [1.165, 1.54) is 4.90 Å². The zero-order valence-corrected chi connectivity index (χ0v) is 10.3. The summed E-state index contributed by atoms with van der Waals surface area (Å²) < 4.78 is 0. The third-order valence-corrected chi connectivity index (χ3v) is 2.78. The van der Waals surface area contributed by atoms with Gasteiger partial charge in [-0.15, -0.1) is 0 Å². The first-order valence-electron chi connectivity index (χ1n) is 5.84. The maximum Gasteiger partial charge on any atom is 0.317 e. The van der Waals surface area contributed by atoms with Crippen molar-refractivity contribution in [2.45, 2.75) is 6.54 Å². The normalized spacial score (nSPS) is 9.89. The highest BCUT2D eigenvalue weighted by Gasteiger charge is 2.07. The van der Waals surface area contributed by atoms with E-state index in [-0.39, 0.29) is 5.84 Å². The second kappa shape index (κ2) is 5.82. The summed E-state index contributed by atoms with van der Waals surface area (Å²) in [6.45, 7) is 0.462. The number of hydrogen-bond acceptors (Lipinski definition) is 2. The zero-order valence-electron chi connectivity index (χ0n) is 10.3. The van der Waals surface area contributed by atoms with E-state index in [0.717, 1.165) is 11.3 Å². The molecule has 0 aliphatic carbocycles. The molecule has 19 heavy (non-hydrogen) atoms. The summed E-state index contributed by atoms with van der Waals surface area (Å²) in [6, 6.07) is 16.6. The lowest BCUT2D eigenvalue weighted by Crippen LogP contribution is -2.20. The molecule has 0 aliphatic heterocycles. The fourth-order valence-corrected chi connectivity index (χ4v) is 1.76. The second-order valence-corrected chi connectivity index (χ2v) is 4.12. The lowest BCUT2D eigenvalue weighted by atomic mass is 10.1. The van der Waals surface area contributed by atoms with Gasteiger partial charge in [0.15, 0.2) is 0 Å². The first-order valence-corrected chi connectivity index (χ1v) is 5.84. The van der Waals surface area contributed by atoms with Gasteiger partial charge in [0.25, 0.3) is 0 Å². The van der Waals surface area contributed by atoms with Crippen molar-refractivity contribution in [2.24, 2.45) is 5.73 Å². The van der Waals surface area contributed by atoms with Gasteiger partial charge >= 0.3 is 6.41 Å². The quantitative estimate of drug-likeness (QED) is 0.485. The number of nitrogens with two attached hydrogens (primary N) is 1. The van der Waals surface area contributed by atoms with Crippen LogP contribution in [0.25, 0.3) is 0 Å². The Morgan fingerprint density at radius 2 is 1.74 bits per heavy atom. The molecule has 0 saturated heterocycles. The highest BCUT2D eigenvalue weighted by Crippen LogP contribution is 2.16. The molecule has 3 N–H and O–H groups in total. The highest BCUT2D eigenvalue weighted by atomic mass is 16.1. The molecule has 4 heteroatoms. The number of amides is 1. The van der Waals surface area contributed by atoms with Crippen molar-refractivity contribution in [1.29, 1.82) is 5.41 Å². The lowest BCUT2D eigenvalue weighted by Gasteiger charge is -2.16. The fourth-order valence-electron chi connectivity index (χ4n) is 1.76. The van der Waals surface area contributed by atoms with Crippen LogP contribution in [0.4, 0.5) is 5.69 Å². The van der Waals surface area contributed by atoms with Crippen LogP contribution in [-0.2, 0) is 11.3 Å². The minimum atomic E-state index is 0.0104. The summed E-state index contributed by atoms with van der Waals surface area (Å²) >= 11 is 0. The third-order valence-electron chi connectivity index (χ3n) is 2.78. The average Bonchev–Trinajstić information content (AvgIpc) is 2.46. The predicted molar refractivity (Wildman–Crippen MR) is 75.8 cm³/mol. The van der Waals surface area contributed by atoms with E-state index in [0.29, 0.717) is 12.1 Å². The van der Waals surface area contributed by atoms with Crippen LogP contribution in [0.2, 0.25) is 0 Å². The molecule has 1 radical (unpaired) electrons. The van der Waals surface area contributed by atoms with E-state index >= 15 is 0 Å². The molecule has 0 bridgehead atoms. The number of anilines is 1. The van der Waals surface area contributed by atoms with Gasteiger partial charge in [0, 0.05) is 11.3 Å². The van der Waals surface area contributed by atoms with Crippen LogP contribution in [0.15, 0.2) is 54.6 Å². The second-order valence-electron chi connectivity index (χ2n) is 4.12. The van der Waals surface area contributed by atoms with Crippen LogP contribution in [0.5, 0.6) is 0 Å². The number of benzene rings is 2. The Morgan fingerprint density at radius 1 is 1.11 bits per heavy atom. The van der Waals surface area contributed by atoms with Crippen molar-refractivity contribution in [1.82, 2.24) is 0 Å². The van der Waals surface area contributed by atoms with Gasteiger partial charge in [-0.25, -0.2) is 0 Å². The van der Waals surface area contributed by atoms with Gasteiger partial charge in [0.2, 0.25) is 0 Å². The number of nitrogen functional groups attached to an aromatic ring is 1. The molecule has 0 saturated carbocycles. The van der Waals surface area contributed by atoms with Gasteiger partial charge < -0.3 is 5.73 Å². The van der Waals surface area contributed by atoms with E-state index in [1.807, 2.05) is 36.7 Å². The molecule has 2 aromatic rings. The molecule has 0 heterocycles. The van der Waals surface area contributed by atoms with E-state index in [1.54, 1.807) is 24.3 Å². The Balaban J connectivity index is 2.18. The SMILES string of the molecule is N=C(N)c1ccc(N([C]=O)Cc2ccccc2)cc1. The lowest BCUT2D eigenvalue weighted by molar-refractivity contribution is 0.551. The van der Waals surface area contributed by atoms with E-state index in [4.69, 9.17) is 11.1 Å². The van der Waals surface area contributed by atoms with Crippen molar-refractivity contribution in [3.05, 3.63) is 65.7 Å². The van der Waals surface area contributed by atoms with Gasteiger partial charge in [0.1, 0.15) is 5.84 Å². The summed E-state index contributed by atoms with van der Waals surface area (Å²) in [4.78, 5) is 12.5. The van der Waals surface area contributed by atoms with E-state index < -0.39 is 0 Å². The van der Waals surface area contributed by atoms with Crippen LogP contribution < -0.4 is 10.6 Å². The Morgan fingerprint density at radius 3 is 2.26 bits per heavy atom. The van der Waals surface area contributed by atoms with Crippen molar-refractivity contribution in [3.8, 4) is 0 Å². The van der Waals surface area contributed by atoms with Crippen LogP contribution in [-0.4, -0.2) is 12.2 Å². The zero-order chi connectivity index (χ0) is 13.7. The maximum absolute atomic E-state index is 11.1. The van der Waals surface area contributed by atoms with Crippen molar-refractivity contribution in [2.75, 3.05) is 4.90 Å². The molecule has 4 nitrogen and oxygen atoms in total. The molecule has 0 spiro atoms. The van der Waals surface area contributed by atoms with Crippen LogP contribution >= 0.6 is 0 Å². The van der Waals surface area contributed by atoms with Gasteiger partial charge in [-0.1, -0.05) is 30.3 Å². The van der Waals surface area contributed by atoms with Crippen LogP contribution in [0, 0.1) is 5.41 Å². The molecule has 2 aromatic carbocycles. The smallest absolute Gasteiger partial charge is 0.317 e. The molecule has 0 unspecified atom stereocenters. The monoisotopic (exact) mass is 252 g/mol. The number of nitrogens with zero attached hydrogens (tertiary/aromatic N) is 1. The predicted octanol–water partition coefficient (Wildman–Crippen LogP) is 2.04. The molecule has 0 aromatic heterocycles. The number of rotatable bonds is 5. The van der Waals surface area contributed by atoms with Crippen molar-refractivity contribution < 1.29 is 4.79 Å². The van der Waals surface area contributed by atoms with Crippen molar-refractivity contribution in [3.63, 3.8) is 0 Å². The first kappa shape index (κ1) is 12.8. The Labute approximate surface area is 112 Å². The average molecular weight is 252 g/mol.